The molecule has 19 heavy (non-hydrogen) atoms. The maximum Gasteiger partial charge on any atom is 0.122 e. The molecule has 1 fully saturated rings. The molecule has 2 heteroatoms. The molecule has 0 bridgehead atoms. The standard InChI is InChI=1S/C17H23ClO/c1-2-12-7-8-16(18)13(9-12)10-14-11-19-17-6-4-3-5-15(14)17/h3-6,12-14,16H,2,7-11H2,1H3. The van der Waals surface area contributed by atoms with Gasteiger partial charge in [-0.15, -0.1) is 11.6 Å². The summed E-state index contributed by atoms with van der Waals surface area (Å²) in [4.78, 5) is 0. The minimum atomic E-state index is 0.371. The van der Waals surface area contributed by atoms with E-state index in [2.05, 4.69) is 31.2 Å². The number of benzene rings is 1. The lowest BCUT2D eigenvalue weighted by molar-refractivity contribution is 0.229. The Morgan fingerprint density at radius 1 is 1.26 bits per heavy atom. The minimum absolute atomic E-state index is 0.371. The van der Waals surface area contributed by atoms with Gasteiger partial charge in [0.25, 0.3) is 0 Å². The van der Waals surface area contributed by atoms with E-state index in [1.807, 2.05) is 0 Å². The predicted molar refractivity (Wildman–Crippen MR) is 80.1 cm³/mol. The molecule has 1 saturated carbocycles. The van der Waals surface area contributed by atoms with Gasteiger partial charge in [-0.05, 0) is 43.6 Å². The van der Waals surface area contributed by atoms with Gasteiger partial charge in [-0.2, -0.15) is 0 Å². The second-order valence-electron chi connectivity index (χ2n) is 6.14. The summed E-state index contributed by atoms with van der Waals surface area (Å²) in [6, 6.07) is 8.48. The monoisotopic (exact) mass is 278 g/mol. The first-order chi connectivity index (χ1) is 9.28. The van der Waals surface area contributed by atoms with Crippen molar-refractivity contribution in [2.45, 2.75) is 50.3 Å². The van der Waals surface area contributed by atoms with Gasteiger partial charge in [0, 0.05) is 16.9 Å². The Bertz CT molecular complexity index is 431. The number of ether oxygens (including phenoxy) is 1. The van der Waals surface area contributed by atoms with E-state index in [-0.39, 0.29) is 0 Å². The van der Waals surface area contributed by atoms with Gasteiger partial charge in [-0.3, -0.25) is 0 Å². The van der Waals surface area contributed by atoms with Crippen LogP contribution in [-0.4, -0.2) is 12.0 Å². The molecule has 104 valence electrons. The first-order valence-electron chi connectivity index (χ1n) is 7.63. The van der Waals surface area contributed by atoms with E-state index in [0.717, 1.165) is 18.3 Å². The molecule has 0 saturated heterocycles. The van der Waals surface area contributed by atoms with Gasteiger partial charge in [0.05, 0.1) is 6.61 Å². The predicted octanol–water partition coefficient (Wildman–Crippen LogP) is 4.99. The number of hydrogen-bond donors (Lipinski definition) is 0. The van der Waals surface area contributed by atoms with Gasteiger partial charge in [-0.1, -0.05) is 31.5 Å². The van der Waals surface area contributed by atoms with Crippen molar-refractivity contribution >= 4 is 11.6 Å². The SMILES string of the molecule is CCC1CCC(Cl)C(CC2COc3ccccc32)C1. The van der Waals surface area contributed by atoms with Crippen LogP contribution in [-0.2, 0) is 0 Å². The van der Waals surface area contributed by atoms with Crippen molar-refractivity contribution in [3.63, 3.8) is 0 Å². The average Bonchev–Trinajstić information content (AvgIpc) is 2.85. The summed E-state index contributed by atoms with van der Waals surface area (Å²) in [5.74, 6) is 3.19. The molecule has 0 amide bonds. The van der Waals surface area contributed by atoms with E-state index in [9.17, 15) is 0 Å². The van der Waals surface area contributed by atoms with Crippen molar-refractivity contribution in [1.29, 1.82) is 0 Å². The summed E-state index contributed by atoms with van der Waals surface area (Å²) in [6.45, 7) is 3.15. The number of alkyl halides is 1. The molecule has 1 aromatic rings. The van der Waals surface area contributed by atoms with Crippen LogP contribution in [0.5, 0.6) is 5.75 Å². The highest BCUT2D eigenvalue weighted by atomic mass is 35.5. The van der Waals surface area contributed by atoms with Gasteiger partial charge in [-0.25, -0.2) is 0 Å². The third kappa shape index (κ3) is 2.76. The zero-order valence-corrected chi connectivity index (χ0v) is 12.4. The van der Waals surface area contributed by atoms with Gasteiger partial charge >= 0.3 is 0 Å². The molecule has 1 heterocycles. The molecular weight excluding hydrogens is 256 g/mol. The normalized spacial score (nSPS) is 33.8. The van der Waals surface area contributed by atoms with Crippen LogP contribution in [0.15, 0.2) is 24.3 Å². The van der Waals surface area contributed by atoms with Gasteiger partial charge in [0.1, 0.15) is 5.75 Å². The number of halogens is 1. The maximum absolute atomic E-state index is 6.57. The van der Waals surface area contributed by atoms with Crippen LogP contribution in [0.2, 0.25) is 0 Å². The molecule has 0 N–H and O–H groups in total. The topological polar surface area (TPSA) is 9.23 Å². The number of rotatable bonds is 3. The molecule has 4 atom stereocenters. The smallest absolute Gasteiger partial charge is 0.122 e. The first kappa shape index (κ1) is 13.3. The second kappa shape index (κ2) is 5.75. The number of para-hydroxylation sites is 1. The fraction of sp³-hybridized carbons (Fsp3) is 0.647. The van der Waals surface area contributed by atoms with Crippen LogP contribution in [0, 0.1) is 11.8 Å². The molecule has 4 unspecified atom stereocenters. The second-order valence-corrected chi connectivity index (χ2v) is 6.71. The summed E-state index contributed by atoms with van der Waals surface area (Å²) in [5, 5.41) is 0.371. The third-order valence-electron chi connectivity index (χ3n) is 4.96. The number of hydrogen-bond acceptors (Lipinski definition) is 1. The highest BCUT2D eigenvalue weighted by molar-refractivity contribution is 6.20. The highest BCUT2D eigenvalue weighted by Crippen LogP contribution is 2.43. The van der Waals surface area contributed by atoms with E-state index >= 15 is 0 Å². The minimum Gasteiger partial charge on any atom is -0.493 e. The summed E-state index contributed by atoms with van der Waals surface area (Å²) >= 11 is 6.57. The van der Waals surface area contributed by atoms with Gasteiger partial charge < -0.3 is 4.74 Å². The molecule has 2 aliphatic rings. The van der Waals surface area contributed by atoms with E-state index in [1.165, 1.54) is 37.7 Å². The molecule has 1 aliphatic carbocycles. The summed E-state index contributed by atoms with van der Waals surface area (Å²) in [5.41, 5.74) is 1.39. The molecule has 1 nitrogen and oxygen atoms in total. The van der Waals surface area contributed by atoms with Crippen molar-refractivity contribution in [2.24, 2.45) is 11.8 Å². The molecule has 1 aromatic carbocycles. The van der Waals surface area contributed by atoms with E-state index in [0.29, 0.717) is 17.2 Å². The van der Waals surface area contributed by atoms with Crippen LogP contribution >= 0.6 is 11.6 Å². The van der Waals surface area contributed by atoms with E-state index in [1.54, 1.807) is 0 Å². The Labute approximate surface area is 121 Å². The summed E-state index contributed by atoms with van der Waals surface area (Å²) < 4.78 is 5.80. The van der Waals surface area contributed by atoms with E-state index < -0.39 is 0 Å². The van der Waals surface area contributed by atoms with Crippen LogP contribution in [0.1, 0.15) is 50.5 Å². The zero-order valence-electron chi connectivity index (χ0n) is 11.6. The fourth-order valence-electron chi connectivity index (χ4n) is 3.73. The lowest BCUT2D eigenvalue weighted by Gasteiger charge is -2.33. The molecule has 3 rings (SSSR count). The molecule has 0 radical (unpaired) electrons. The van der Waals surface area contributed by atoms with E-state index in [4.69, 9.17) is 16.3 Å². The lowest BCUT2D eigenvalue weighted by Crippen LogP contribution is -2.27. The van der Waals surface area contributed by atoms with Crippen LogP contribution < -0.4 is 4.74 Å². The Balaban J connectivity index is 1.68. The van der Waals surface area contributed by atoms with Crippen LogP contribution in [0.4, 0.5) is 0 Å². The molecular formula is C17H23ClO. The molecule has 0 aromatic heterocycles. The zero-order chi connectivity index (χ0) is 13.2. The van der Waals surface area contributed by atoms with Crippen LogP contribution in [0.3, 0.4) is 0 Å². The van der Waals surface area contributed by atoms with Crippen molar-refractivity contribution < 1.29 is 4.74 Å². The van der Waals surface area contributed by atoms with Gasteiger partial charge in [0.2, 0.25) is 0 Å². The molecule has 1 aliphatic heterocycles. The first-order valence-corrected chi connectivity index (χ1v) is 8.07. The van der Waals surface area contributed by atoms with Crippen molar-refractivity contribution in [2.75, 3.05) is 6.61 Å². The van der Waals surface area contributed by atoms with Crippen molar-refractivity contribution in [3.05, 3.63) is 29.8 Å². The Kier molecular flexibility index (Phi) is 4.02. The summed E-state index contributed by atoms with van der Waals surface area (Å²) in [7, 11) is 0. The number of fused-ring (bicyclic) bond motifs is 1. The average molecular weight is 279 g/mol. The Morgan fingerprint density at radius 2 is 2.11 bits per heavy atom. The van der Waals surface area contributed by atoms with Crippen molar-refractivity contribution in [1.82, 2.24) is 0 Å². The third-order valence-corrected chi connectivity index (χ3v) is 5.54. The Morgan fingerprint density at radius 3 is 2.95 bits per heavy atom. The van der Waals surface area contributed by atoms with Crippen LogP contribution in [0.25, 0.3) is 0 Å². The van der Waals surface area contributed by atoms with Gasteiger partial charge in [0.15, 0.2) is 0 Å². The Hall–Kier alpha value is -0.690. The molecule has 0 spiro atoms. The fourth-order valence-corrected chi connectivity index (χ4v) is 4.06. The largest absolute Gasteiger partial charge is 0.493 e. The highest BCUT2D eigenvalue weighted by Gasteiger charge is 2.33. The quantitative estimate of drug-likeness (QED) is 0.708. The lowest BCUT2D eigenvalue weighted by atomic mass is 9.75. The summed E-state index contributed by atoms with van der Waals surface area (Å²) in [6.07, 6.45) is 6.32. The van der Waals surface area contributed by atoms with Crippen molar-refractivity contribution in [3.8, 4) is 5.75 Å². The maximum atomic E-state index is 6.57.